The average Bonchev–Trinajstić information content (AvgIpc) is 2.96. The first-order valence-corrected chi connectivity index (χ1v) is 8.87. The lowest BCUT2D eigenvalue weighted by Gasteiger charge is -2.20. The normalized spacial score (nSPS) is 11.5. The summed E-state index contributed by atoms with van der Waals surface area (Å²) in [4.78, 5) is 17.4. The number of benzene rings is 2. The van der Waals surface area contributed by atoms with Crippen molar-refractivity contribution in [3.8, 4) is 5.75 Å². The number of rotatable bonds is 5. The lowest BCUT2D eigenvalue weighted by molar-refractivity contribution is -0.116. The van der Waals surface area contributed by atoms with Crippen molar-refractivity contribution < 1.29 is 9.53 Å². The number of imidazole rings is 1. The molecule has 0 atom stereocenters. The van der Waals surface area contributed by atoms with Gasteiger partial charge in [0.1, 0.15) is 18.1 Å². The quantitative estimate of drug-likeness (QED) is 0.742. The first kappa shape index (κ1) is 18.0. The minimum Gasteiger partial charge on any atom is -0.494 e. The number of carbonyl (C=O) groups is 1. The molecule has 0 saturated heterocycles. The van der Waals surface area contributed by atoms with Gasteiger partial charge in [-0.1, -0.05) is 32.9 Å². The second-order valence-corrected chi connectivity index (χ2v) is 7.27. The van der Waals surface area contributed by atoms with Crippen LogP contribution in [0, 0.1) is 0 Å². The van der Waals surface area contributed by atoms with Crippen LogP contribution in [0.5, 0.6) is 5.75 Å². The summed E-state index contributed by atoms with van der Waals surface area (Å²) in [7, 11) is 0. The Balaban J connectivity index is 1.82. The van der Waals surface area contributed by atoms with Crippen LogP contribution in [-0.2, 0) is 16.8 Å². The van der Waals surface area contributed by atoms with Crippen molar-refractivity contribution in [1.29, 1.82) is 0 Å². The largest absolute Gasteiger partial charge is 0.494 e. The fourth-order valence-corrected chi connectivity index (χ4v) is 2.95. The third-order valence-corrected chi connectivity index (χ3v) is 4.08. The van der Waals surface area contributed by atoms with Crippen molar-refractivity contribution >= 4 is 22.6 Å². The van der Waals surface area contributed by atoms with Crippen molar-refractivity contribution in [1.82, 2.24) is 9.55 Å². The summed E-state index contributed by atoms with van der Waals surface area (Å²) in [6.45, 7) is 9.10. The zero-order valence-electron chi connectivity index (χ0n) is 15.7. The van der Waals surface area contributed by atoms with E-state index in [0.29, 0.717) is 6.61 Å². The van der Waals surface area contributed by atoms with Gasteiger partial charge < -0.3 is 14.6 Å². The predicted molar refractivity (Wildman–Crippen MR) is 105 cm³/mol. The summed E-state index contributed by atoms with van der Waals surface area (Å²) in [6.07, 6.45) is 0. The molecule has 1 aromatic heterocycles. The highest BCUT2D eigenvalue weighted by Gasteiger charge is 2.23. The number of hydrogen-bond acceptors (Lipinski definition) is 3. The van der Waals surface area contributed by atoms with Gasteiger partial charge in [0.25, 0.3) is 0 Å². The first-order valence-electron chi connectivity index (χ1n) is 8.87. The third kappa shape index (κ3) is 3.87. The van der Waals surface area contributed by atoms with E-state index in [4.69, 9.17) is 9.72 Å². The summed E-state index contributed by atoms with van der Waals surface area (Å²) in [5.74, 6) is 1.62. The fourth-order valence-electron chi connectivity index (χ4n) is 2.95. The summed E-state index contributed by atoms with van der Waals surface area (Å²) in [5.41, 5.74) is 2.48. The van der Waals surface area contributed by atoms with E-state index >= 15 is 0 Å². The minimum atomic E-state index is -0.154. The van der Waals surface area contributed by atoms with E-state index in [0.717, 1.165) is 28.3 Å². The molecule has 26 heavy (non-hydrogen) atoms. The number of anilines is 1. The summed E-state index contributed by atoms with van der Waals surface area (Å²) < 4.78 is 7.43. The molecular formula is C21H25N3O2. The highest BCUT2D eigenvalue weighted by molar-refractivity contribution is 5.91. The number of para-hydroxylation sites is 2. The number of fused-ring (bicyclic) bond motifs is 1. The van der Waals surface area contributed by atoms with Gasteiger partial charge in [-0.15, -0.1) is 0 Å². The second-order valence-electron chi connectivity index (χ2n) is 7.27. The molecule has 5 nitrogen and oxygen atoms in total. The zero-order valence-corrected chi connectivity index (χ0v) is 15.7. The number of aromatic nitrogens is 2. The Morgan fingerprint density at radius 1 is 1.12 bits per heavy atom. The molecule has 0 aliphatic rings. The van der Waals surface area contributed by atoms with E-state index < -0.39 is 0 Å². The van der Waals surface area contributed by atoms with Crippen LogP contribution in [0.25, 0.3) is 11.0 Å². The Bertz CT molecular complexity index is 905. The molecule has 3 rings (SSSR count). The van der Waals surface area contributed by atoms with E-state index in [9.17, 15) is 4.79 Å². The van der Waals surface area contributed by atoms with Gasteiger partial charge in [0.15, 0.2) is 0 Å². The molecular weight excluding hydrogens is 326 g/mol. The van der Waals surface area contributed by atoms with E-state index in [1.165, 1.54) is 0 Å². The number of hydrogen-bond donors (Lipinski definition) is 1. The molecule has 0 fully saturated rings. The Kier molecular flexibility index (Phi) is 4.98. The lowest BCUT2D eigenvalue weighted by atomic mass is 9.95. The molecule has 0 radical (unpaired) electrons. The molecule has 136 valence electrons. The molecule has 5 heteroatoms. The molecule has 0 saturated carbocycles. The number of nitrogens with zero attached hydrogens (tertiary/aromatic N) is 2. The van der Waals surface area contributed by atoms with Crippen LogP contribution >= 0.6 is 0 Å². The number of ether oxygens (including phenoxy) is 1. The molecule has 0 bridgehead atoms. The van der Waals surface area contributed by atoms with E-state index in [1.807, 2.05) is 60.0 Å². The predicted octanol–water partition coefficient (Wildman–Crippen LogP) is 4.37. The Labute approximate surface area is 154 Å². The van der Waals surface area contributed by atoms with Crippen LogP contribution in [-0.4, -0.2) is 22.1 Å². The maximum Gasteiger partial charge on any atom is 0.244 e. The molecule has 3 aromatic rings. The molecule has 2 aromatic carbocycles. The monoisotopic (exact) mass is 351 g/mol. The molecule has 1 N–H and O–H groups in total. The smallest absolute Gasteiger partial charge is 0.244 e. The highest BCUT2D eigenvalue weighted by Crippen LogP contribution is 2.26. The Morgan fingerprint density at radius 3 is 2.46 bits per heavy atom. The maximum absolute atomic E-state index is 12.6. The fraction of sp³-hybridized carbons (Fsp3) is 0.333. The van der Waals surface area contributed by atoms with Crippen molar-refractivity contribution in [2.45, 2.75) is 39.7 Å². The van der Waals surface area contributed by atoms with Gasteiger partial charge in [-0.2, -0.15) is 0 Å². The Hall–Kier alpha value is -2.82. The van der Waals surface area contributed by atoms with Gasteiger partial charge >= 0.3 is 0 Å². The lowest BCUT2D eigenvalue weighted by Crippen LogP contribution is -2.25. The molecule has 0 spiro atoms. The first-order chi connectivity index (χ1) is 12.4. The van der Waals surface area contributed by atoms with Crippen LogP contribution in [0.4, 0.5) is 5.69 Å². The van der Waals surface area contributed by atoms with Crippen LogP contribution in [0.15, 0.2) is 48.5 Å². The third-order valence-electron chi connectivity index (χ3n) is 4.08. The van der Waals surface area contributed by atoms with Gasteiger partial charge in [-0.3, -0.25) is 4.79 Å². The molecule has 1 amide bonds. The number of nitrogens with one attached hydrogen (secondary N) is 1. The zero-order chi connectivity index (χ0) is 18.7. The van der Waals surface area contributed by atoms with Gasteiger partial charge in [0.2, 0.25) is 5.91 Å². The van der Waals surface area contributed by atoms with Gasteiger partial charge in [0.05, 0.1) is 17.6 Å². The van der Waals surface area contributed by atoms with Gasteiger partial charge in [-0.05, 0) is 43.3 Å². The number of amides is 1. The van der Waals surface area contributed by atoms with E-state index in [1.54, 1.807) is 0 Å². The Morgan fingerprint density at radius 2 is 1.81 bits per heavy atom. The summed E-state index contributed by atoms with van der Waals surface area (Å²) in [5, 5.41) is 2.95. The number of carbonyl (C=O) groups excluding carboxylic acids is 1. The van der Waals surface area contributed by atoms with Crippen molar-refractivity contribution in [3.63, 3.8) is 0 Å². The standard InChI is InChI=1S/C21H25N3O2/c1-5-26-16-12-10-15(11-13-16)22-19(25)14-24-18-9-7-6-8-17(18)23-20(24)21(2,3)4/h6-13H,5,14H2,1-4H3,(H,22,25). The summed E-state index contributed by atoms with van der Waals surface area (Å²) in [6, 6.07) is 15.3. The van der Waals surface area contributed by atoms with Gasteiger partial charge in [0, 0.05) is 11.1 Å². The SMILES string of the molecule is CCOc1ccc(NC(=O)Cn2c(C(C)(C)C)nc3ccccc32)cc1. The van der Waals surface area contributed by atoms with Crippen LogP contribution in [0.3, 0.4) is 0 Å². The van der Waals surface area contributed by atoms with Crippen molar-refractivity contribution in [2.75, 3.05) is 11.9 Å². The maximum atomic E-state index is 12.6. The molecule has 1 heterocycles. The van der Waals surface area contributed by atoms with E-state index in [-0.39, 0.29) is 17.9 Å². The molecule has 0 unspecified atom stereocenters. The average molecular weight is 351 g/mol. The minimum absolute atomic E-state index is 0.0807. The van der Waals surface area contributed by atoms with Crippen LogP contribution < -0.4 is 10.1 Å². The molecule has 0 aliphatic carbocycles. The molecule has 0 aliphatic heterocycles. The van der Waals surface area contributed by atoms with Crippen LogP contribution in [0.2, 0.25) is 0 Å². The summed E-state index contributed by atoms with van der Waals surface area (Å²) >= 11 is 0. The van der Waals surface area contributed by atoms with E-state index in [2.05, 4.69) is 26.1 Å². The highest BCUT2D eigenvalue weighted by atomic mass is 16.5. The van der Waals surface area contributed by atoms with Crippen LogP contribution in [0.1, 0.15) is 33.5 Å². The van der Waals surface area contributed by atoms with Crippen molar-refractivity contribution in [3.05, 3.63) is 54.4 Å². The van der Waals surface area contributed by atoms with Gasteiger partial charge in [-0.25, -0.2) is 4.98 Å². The van der Waals surface area contributed by atoms with Crippen molar-refractivity contribution in [2.24, 2.45) is 0 Å². The topological polar surface area (TPSA) is 56.1 Å². The second kappa shape index (κ2) is 7.20.